The number of hydrogen-bond donors (Lipinski definition) is 2. The second kappa shape index (κ2) is 3.84. The van der Waals surface area contributed by atoms with Crippen molar-refractivity contribution in [1.29, 1.82) is 5.26 Å². The maximum absolute atomic E-state index is 11.7. The summed E-state index contributed by atoms with van der Waals surface area (Å²) in [6, 6.07) is 11.8. The quantitative estimate of drug-likeness (QED) is 0.652. The third kappa shape index (κ3) is 1.38. The van der Waals surface area contributed by atoms with Crippen molar-refractivity contribution in [3.05, 3.63) is 57.5 Å². The van der Waals surface area contributed by atoms with Crippen LogP contribution in [0, 0.1) is 11.3 Å². The van der Waals surface area contributed by atoms with Crippen molar-refractivity contribution >= 4 is 10.9 Å². The molecule has 0 spiro atoms. The van der Waals surface area contributed by atoms with Gasteiger partial charge in [0.25, 0.3) is 5.56 Å². The van der Waals surface area contributed by atoms with E-state index in [1.165, 1.54) is 10.9 Å². The molecule has 3 aromatic rings. The third-order valence-electron chi connectivity index (χ3n) is 3.95. The molecule has 2 heterocycles. The Morgan fingerprint density at radius 2 is 2.00 bits per heavy atom. The molecule has 1 aromatic carbocycles. The number of aromatic amines is 2. The molecule has 1 aliphatic carbocycles. The van der Waals surface area contributed by atoms with E-state index in [1.807, 2.05) is 24.3 Å². The molecule has 0 amide bonds. The first-order valence-electron chi connectivity index (χ1n) is 6.54. The van der Waals surface area contributed by atoms with E-state index in [2.05, 4.69) is 16.0 Å². The summed E-state index contributed by atoms with van der Waals surface area (Å²) in [4.78, 5) is 18.0. The summed E-state index contributed by atoms with van der Waals surface area (Å²) in [7, 11) is 0. The Kier molecular flexibility index (Phi) is 2.13. The van der Waals surface area contributed by atoms with E-state index in [9.17, 15) is 4.79 Å². The van der Waals surface area contributed by atoms with E-state index in [1.54, 1.807) is 6.07 Å². The summed E-state index contributed by atoms with van der Waals surface area (Å²) in [5, 5.41) is 10.2. The van der Waals surface area contributed by atoms with Crippen molar-refractivity contribution in [3.63, 3.8) is 0 Å². The molecule has 2 N–H and O–H groups in total. The number of benzene rings is 1. The summed E-state index contributed by atoms with van der Waals surface area (Å²) in [5.41, 5.74) is 5.10. The van der Waals surface area contributed by atoms with Crippen molar-refractivity contribution in [2.45, 2.75) is 12.8 Å². The van der Waals surface area contributed by atoms with Gasteiger partial charge in [0, 0.05) is 22.2 Å². The topological polar surface area (TPSA) is 72.4 Å². The van der Waals surface area contributed by atoms with Gasteiger partial charge in [0.15, 0.2) is 0 Å². The number of rotatable bonds is 0. The zero-order valence-electron chi connectivity index (χ0n) is 10.7. The summed E-state index contributed by atoms with van der Waals surface area (Å²) in [6.07, 6.45) is 1.69. The zero-order valence-corrected chi connectivity index (χ0v) is 10.7. The molecular weight excluding hydrogens is 250 g/mol. The van der Waals surface area contributed by atoms with Gasteiger partial charge in [-0.3, -0.25) is 4.79 Å². The van der Waals surface area contributed by atoms with E-state index in [0.29, 0.717) is 0 Å². The normalized spacial score (nSPS) is 12.8. The van der Waals surface area contributed by atoms with E-state index in [0.717, 1.165) is 35.3 Å². The standard InChI is InChI=1S/C16H11N3O/c17-8-9-7-12-14(19-16(9)20)6-5-11-10-3-1-2-4-13(10)18-15(11)12/h1-4,7,18H,5-6H2,(H,19,20). The Bertz CT molecular complexity index is 940. The van der Waals surface area contributed by atoms with Crippen LogP contribution >= 0.6 is 0 Å². The fourth-order valence-corrected chi connectivity index (χ4v) is 3.01. The highest BCUT2D eigenvalue weighted by Crippen LogP contribution is 2.36. The molecule has 0 bridgehead atoms. The Labute approximate surface area is 114 Å². The minimum Gasteiger partial charge on any atom is -0.354 e. The van der Waals surface area contributed by atoms with Crippen LogP contribution in [0.15, 0.2) is 35.1 Å². The zero-order chi connectivity index (χ0) is 13.7. The summed E-state index contributed by atoms with van der Waals surface area (Å²) >= 11 is 0. The first kappa shape index (κ1) is 11.1. The molecule has 0 unspecified atom stereocenters. The highest BCUT2D eigenvalue weighted by molar-refractivity contribution is 5.92. The summed E-state index contributed by atoms with van der Waals surface area (Å²) < 4.78 is 0. The van der Waals surface area contributed by atoms with Gasteiger partial charge in [-0.15, -0.1) is 0 Å². The molecule has 0 atom stereocenters. The minimum atomic E-state index is -0.300. The second-order valence-electron chi connectivity index (χ2n) is 5.04. The largest absolute Gasteiger partial charge is 0.354 e. The lowest BCUT2D eigenvalue weighted by Crippen LogP contribution is -2.16. The monoisotopic (exact) mass is 261 g/mol. The first-order valence-corrected chi connectivity index (χ1v) is 6.54. The number of para-hydroxylation sites is 1. The minimum absolute atomic E-state index is 0.162. The van der Waals surface area contributed by atoms with Crippen LogP contribution in [0.25, 0.3) is 22.2 Å². The average molecular weight is 261 g/mol. The van der Waals surface area contributed by atoms with Gasteiger partial charge in [-0.1, -0.05) is 18.2 Å². The van der Waals surface area contributed by atoms with Crippen molar-refractivity contribution in [1.82, 2.24) is 9.97 Å². The van der Waals surface area contributed by atoms with E-state index in [4.69, 9.17) is 5.26 Å². The maximum Gasteiger partial charge on any atom is 0.266 e. The fourth-order valence-electron chi connectivity index (χ4n) is 3.01. The van der Waals surface area contributed by atoms with Crippen LogP contribution in [-0.2, 0) is 12.8 Å². The number of nitriles is 1. The van der Waals surface area contributed by atoms with Gasteiger partial charge in [0.1, 0.15) is 11.6 Å². The lowest BCUT2D eigenvalue weighted by Gasteiger charge is -2.16. The van der Waals surface area contributed by atoms with Gasteiger partial charge < -0.3 is 9.97 Å². The SMILES string of the molecule is N#Cc1cc2c([nH]c1=O)CCc1c-2[nH]c2ccccc12. The van der Waals surface area contributed by atoms with Gasteiger partial charge in [-0.05, 0) is 30.5 Å². The van der Waals surface area contributed by atoms with Crippen LogP contribution < -0.4 is 5.56 Å². The number of nitrogens with one attached hydrogen (secondary N) is 2. The van der Waals surface area contributed by atoms with Gasteiger partial charge in [-0.25, -0.2) is 0 Å². The molecule has 0 aliphatic heterocycles. The van der Waals surface area contributed by atoms with Crippen LogP contribution in [0.4, 0.5) is 0 Å². The van der Waals surface area contributed by atoms with Crippen LogP contribution in [0.2, 0.25) is 0 Å². The Balaban J connectivity index is 2.08. The predicted octanol–water partition coefficient (Wildman–Crippen LogP) is 2.49. The van der Waals surface area contributed by atoms with Crippen molar-refractivity contribution < 1.29 is 0 Å². The van der Waals surface area contributed by atoms with Crippen LogP contribution in [0.5, 0.6) is 0 Å². The number of aromatic nitrogens is 2. The molecular formula is C16H11N3O. The summed E-state index contributed by atoms with van der Waals surface area (Å²) in [5.74, 6) is 0. The molecule has 0 saturated carbocycles. The van der Waals surface area contributed by atoms with Crippen molar-refractivity contribution in [3.8, 4) is 17.3 Å². The van der Waals surface area contributed by atoms with Gasteiger partial charge in [0.05, 0.1) is 5.69 Å². The smallest absolute Gasteiger partial charge is 0.266 e. The second-order valence-corrected chi connectivity index (χ2v) is 5.04. The highest BCUT2D eigenvalue weighted by Gasteiger charge is 2.22. The first-order chi connectivity index (χ1) is 9.78. The van der Waals surface area contributed by atoms with Gasteiger partial charge >= 0.3 is 0 Å². The number of fused-ring (bicyclic) bond motifs is 5. The van der Waals surface area contributed by atoms with Crippen LogP contribution in [0.1, 0.15) is 16.8 Å². The third-order valence-corrected chi connectivity index (χ3v) is 3.95. The van der Waals surface area contributed by atoms with E-state index >= 15 is 0 Å². The lowest BCUT2D eigenvalue weighted by molar-refractivity contribution is 0.889. The summed E-state index contributed by atoms with van der Waals surface area (Å²) in [6.45, 7) is 0. The van der Waals surface area contributed by atoms with Crippen molar-refractivity contribution in [2.75, 3.05) is 0 Å². The molecule has 4 heteroatoms. The molecule has 0 fully saturated rings. The predicted molar refractivity (Wildman–Crippen MR) is 76.5 cm³/mol. The molecule has 0 saturated heterocycles. The van der Waals surface area contributed by atoms with E-state index < -0.39 is 0 Å². The van der Waals surface area contributed by atoms with Crippen LogP contribution in [-0.4, -0.2) is 9.97 Å². The number of nitrogens with zero attached hydrogens (tertiary/aromatic N) is 1. The molecule has 4 rings (SSSR count). The molecule has 2 aromatic heterocycles. The van der Waals surface area contributed by atoms with Gasteiger partial charge in [0.2, 0.25) is 0 Å². The number of H-pyrrole nitrogens is 2. The molecule has 1 aliphatic rings. The Morgan fingerprint density at radius 3 is 2.85 bits per heavy atom. The fraction of sp³-hybridized carbons (Fsp3) is 0.125. The van der Waals surface area contributed by atoms with E-state index in [-0.39, 0.29) is 11.1 Å². The van der Waals surface area contributed by atoms with Crippen LogP contribution in [0.3, 0.4) is 0 Å². The number of aryl methyl sites for hydroxylation is 2. The molecule has 96 valence electrons. The highest BCUT2D eigenvalue weighted by atomic mass is 16.1. The average Bonchev–Trinajstić information content (AvgIpc) is 2.85. The molecule has 0 radical (unpaired) electrons. The number of pyridine rings is 1. The Morgan fingerprint density at radius 1 is 1.15 bits per heavy atom. The Hall–Kier alpha value is -2.80. The molecule has 20 heavy (non-hydrogen) atoms. The van der Waals surface area contributed by atoms with Gasteiger partial charge in [-0.2, -0.15) is 5.26 Å². The lowest BCUT2D eigenvalue weighted by atomic mass is 9.92. The number of hydrogen-bond acceptors (Lipinski definition) is 2. The van der Waals surface area contributed by atoms with Crippen molar-refractivity contribution in [2.24, 2.45) is 0 Å². The maximum atomic E-state index is 11.7. The molecule has 4 nitrogen and oxygen atoms in total.